The number of aliphatic hydroxyl groups is 1. The molecule has 0 aliphatic carbocycles. The summed E-state index contributed by atoms with van der Waals surface area (Å²) in [6, 6.07) is 0.149. The van der Waals surface area contributed by atoms with Crippen LogP contribution in [0.3, 0.4) is 0 Å². The number of imidazole rings is 1. The summed E-state index contributed by atoms with van der Waals surface area (Å²) in [5.41, 5.74) is 7.10. The number of nitrogen functional groups attached to an aromatic ring is 1. The Bertz CT molecular complexity index is 555. The Kier molecular flexibility index (Phi) is 2.85. The van der Waals surface area contributed by atoms with Crippen molar-refractivity contribution in [1.82, 2.24) is 19.5 Å². The quantitative estimate of drug-likeness (QED) is 0.801. The molecule has 0 spiro atoms. The SMILES string of the molecule is Nc1ncnc2c1ncn2C1CCOC1CCO. The average Bonchev–Trinajstić information content (AvgIpc) is 2.96. The van der Waals surface area contributed by atoms with Crippen molar-refractivity contribution < 1.29 is 9.84 Å². The van der Waals surface area contributed by atoms with Gasteiger partial charge in [-0.15, -0.1) is 0 Å². The summed E-state index contributed by atoms with van der Waals surface area (Å²) in [7, 11) is 0. The van der Waals surface area contributed by atoms with Gasteiger partial charge < -0.3 is 20.1 Å². The molecule has 0 bridgehead atoms. The lowest BCUT2D eigenvalue weighted by atomic mass is 10.1. The molecule has 2 unspecified atom stereocenters. The maximum Gasteiger partial charge on any atom is 0.165 e. The number of ether oxygens (including phenoxy) is 1. The first-order valence-corrected chi connectivity index (χ1v) is 5.96. The molecule has 1 fully saturated rings. The van der Waals surface area contributed by atoms with Crippen molar-refractivity contribution in [3.8, 4) is 0 Å². The average molecular weight is 249 g/mol. The Labute approximate surface area is 104 Å². The van der Waals surface area contributed by atoms with Crippen LogP contribution in [0.1, 0.15) is 18.9 Å². The van der Waals surface area contributed by atoms with E-state index in [-0.39, 0.29) is 18.8 Å². The van der Waals surface area contributed by atoms with Crippen molar-refractivity contribution >= 4 is 17.0 Å². The van der Waals surface area contributed by atoms with E-state index in [1.165, 1.54) is 6.33 Å². The number of hydrogen-bond donors (Lipinski definition) is 2. The molecule has 1 aliphatic rings. The molecule has 0 radical (unpaired) electrons. The predicted molar refractivity (Wildman–Crippen MR) is 64.8 cm³/mol. The molecule has 18 heavy (non-hydrogen) atoms. The highest BCUT2D eigenvalue weighted by molar-refractivity contribution is 5.81. The zero-order valence-electron chi connectivity index (χ0n) is 9.86. The maximum absolute atomic E-state index is 9.05. The van der Waals surface area contributed by atoms with Crippen molar-refractivity contribution in [2.75, 3.05) is 18.9 Å². The Hall–Kier alpha value is -1.73. The number of fused-ring (bicyclic) bond motifs is 1. The fourth-order valence-electron chi connectivity index (χ4n) is 2.47. The normalized spacial score (nSPS) is 23.8. The second-order valence-corrected chi connectivity index (χ2v) is 4.36. The Morgan fingerprint density at radius 1 is 1.44 bits per heavy atom. The molecule has 3 N–H and O–H groups in total. The smallest absolute Gasteiger partial charge is 0.165 e. The van der Waals surface area contributed by atoms with Crippen molar-refractivity contribution in [3.05, 3.63) is 12.7 Å². The van der Waals surface area contributed by atoms with Gasteiger partial charge in [0.1, 0.15) is 11.8 Å². The first kappa shape index (κ1) is 11.4. The van der Waals surface area contributed by atoms with E-state index in [9.17, 15) is 0 Å². The van der Waals surface area contributed by atoms with E-state index < -0.39 is 0 Å². The van der Waals surface area contributed by atoms with E-state index in [2.05, 4.69) is 15.0 Å². The standard InChI is InChI=1S/C11H15N5O2/c12-10-9-11(14-5-13-10)16(6-15-9)7-2-4-18-8(7)1-3-17/h5-8,17H,1-4H2,(H2,12,13,14). The van der Waals surface area contributed by atoms with Crippen LogP contribution in [0, 0.1) is 0 Å². The van der Waals surface area contributed by atoms with Gasteiger partial charge in [0.05, 0.1) is 18.5 Å². The summed E-state index contributed by atoms with van der Waals surface area (Å²) in [6.07, 6.45) is 4.67. The van der Waals surface area contributed by atoms with Gasteiger partial charge in [0.25, 0.3) is 0 Å². The first-order chi connectivity index (χ1) is 8.81. The molecule has 3 heterocycles. The molecule has 0 amide bonds. The number of hydrogen-bond acceptors (Lipinski definition) is 6. The number of aliphatic hydroxyl groups excluding tert-OH is 1. The van der Waals surface area contributed by atoms with Crippen molar-refractivity contribution in [1.29, 1.82) is 0 Å². The lowest BCUT2D eigenvalue weighted by molar-refractivity contribution is 0.0699. The van der Waals surface area contributed by atoms with Crippen LogP contribution in [-0.2, 0) is 4.74 Å². The monoisotopic (exact) mass is 249 g/mol. The Morgan fingerprint density at radius 3 is 3.17 bits per heavy atom. The fraction of sp³-hybridized carbons (Fsp3) is 0.545. The second-order valence-electron chi connectivity index (χ2n) is 4.36. The van der Waals surface area contributed by atoms with Gasteiger partial charge in [0.2, 0.25) is 0 Å². The van der Waals surface area contributed by atoms with Gasteiger partial charge in [-0.05, 0) is 12.8 Å². The highest BCUT2D eigenvalue weighted by Gasteiger charge is 2.30. The van der Waals surface area contributed by atoms with Gasteiger partial charge >= 0.3 is 0 Å². The van der Waals surface area contributed by atoms with Gasteiger partial charge in [-0.25, -0.2) is 15.0 Å². The van der Waals surface area contributed by atoms with E-state index in [0.717, 1.165) is 12.1 Å². The molecule has 96 valence electrons. The topological polar surface area (TPSA) is 99.1 Å². The third-order valence-electron chi connectivity index (χ3n) is 3.33. The van der Waals surface area contributed by atoms with Gasteiger partial charge in [-0.3, -0.25) is 0 Å². The fourth-order valence-corrected chi connectivity index (χ4v) is 2.47. The van der Waals surface area contributed by atoms with Gasteiger partial charge in [-0.1, -0.05) is 0 Å². The molecular weight excluding hydrogens is 234 g/mol. The number of rotatable bonds is 3. The lowest BCUT2D eigenvalue weighted by Gasteiger charge is -2.19. The molecule has 1 saturated heterocycles. The molecule has 0 saturated carbocycles. The summed E-state index contributed by atoms with van der Waals surface area (Å²) < 4.78 is 7.60. The number of anilines is 1. The summed E-state index contributed by atoms with van der Waals surface area (Å²) in [5, 5.41) is 9.05. The predicted octanol–water partition coefficient (Wildman–Crippen LogP) is 0.121. The van der Waals surface area contributed by atoms with Crippen LogP contribution in [0.25, 0.3) is 11.2 Å². The van der Waals surface area contributed by atoms with Crippen LogP contribution in [0.5, 0.6) is 0 Å². The molecule has 7 heteroatoms. The van der Waals surface area contributed by atoms with E-state index in [4.69, 9.17) is 15.6 Å². The Morgan fingerprint density at radius 2 is 2.33 bits per heavy atom. The molecule has 0 aromatic carbocycles. The van der Waals surface area contributed by atoms with Crippen molar-refractivity contribution in [3.63, 3.8) is 0 Å². The molecular formula is C11H15N5O2. The van der Waals surface area contributed by atoms with Gasteiger partial charge in [0, 0.05) is 13.2 Å². The van der Waals surface area contributed by atoms with Gasteiger partial charge in [0.15, 0.2) is 11.5 Å². The van der Waals surface area contributed by atoms with E-state index in [0.29, 0.717) is 24.4 Å². The van der Waals surface area contributed by atoms with Crippen LogP contribution in [-0.4, -0.2) is 43.9 Å². The van der Waals surface area contributed by atoms with Gasteiger partial charge in [-0.2, -0.15) is 0 Å². The molecule has 2 aromatic rings. The zero-order chi connectivity index (χ0) is 12.5. The Balaban J connectivity index is 2.01. The number of nitrogens with zero attached hydrogens (tertiary/aromatic N) is 4. The number of nitrogens with two attached hydrogens (primary N) is 1. The molecule has 7 nitrogen and oxygen atoms in total. The minimum atomic E-state index is 0.00332. The van der Waals surface area contributed by atoms with Crippen molar-refractivity contribution in [2.24, 2.45) is 0 Å². The van der Waals surface area contributed by atoms with E-state index in [1.807, 2.05) is 4.57 Å². The number of aromatic nitrogens is 4. The zero-order valence-corrected chi connectivity index (χ0v) is 9.86. The first-order valence-electron chi connectivity index (χ1n) is 5.96. The minimum absolute atomic E-state index is 0.00332. The summed E-state index contributed by atoms with van der Waals surface area (Å²) in [6.45, 7) is 0.806. The molecule has 3 rings (SSSR count). The lowest BCUT2D eigenvalue weighted by Crippen LogP contribution is -2.21. The van der Waals surface area contributed by atoms with Crippen LogP contribution in [0.4, 0.5) is 5.82 Å². The second kappa shape index (κ2) is 4.51. The summed E-state index contributed by atoms with van der Waals surface area (Å²) in [4.78, 5) is 12.4. The van der Waals surface area contributed by atoms with E-state index in [1.54, 1.807) is 6.33 Å². The minimum Gasteiger partial charge on any atom is -0.396 e. The van der Waals surface area contributed by atoms with Crippen LogP contribution >= 0.6 is 0 Å². The largest absolute Gasteiger partial charge is 0.396 e. The third kappa shape index (κ3) is 1.72. The van der Waals surface area contributed by atoms with Crippen LogP contribution in [0.15, 0.2) is 12.7 Å². The highest BCUT2D eigenvalue weighted by atomic mass is 16.5. The van der Waals surface area contributed by atoms with Crippen LogP contribution < -0.4 is 5.73 Å². The summed E-state index contributed by atoms with van der Waals surface area (Å²) >= 11 is 0. The molecule has 2 atom stereocenters. The van der Waals surface area contributed by atoms with E-state index >= 15 is 0 Å². The maximum atomic E-state index is 9.05. The summed E-state index contributed by atoms with van der Waals surface area (Å²) in [5.74, 6) is 0.386. The van der Waals surface area contributed by atoms with Crippen molar-refractivity contribution in [2.45, 2.75) is 25.0 Å². The molecule has 1 aliphatic heterocycles. The van der Waals surface area contributed by atoms with Crippen LogP contribution in [0.2, 0.25) is 0 Å². The molecule has 2 aromatic heterocycles. The highest BCUT2D eigenvalue weighted by Crippen LogP contribution is 2.30. The third-order valence-corrected chi connectivity index (χ3v) is 3.33.